The number of nitrogens with one attached hydrogen (secondary N) is 2. The van der Waals surface area contributed by atoms with E-state index >= 15 is 0 Å². The first-order chi connectivity index (χ1) is 25.4. The lowest BCUT2D eigenvalue weighted by Crippen LogP contribution is -2.59. The predicted octanol–water partition coefficient (Wildman–Crippen LogP) is 6.48. The van der Waals surface area contributed by atoms with Crippen LogP contribution in [0.25, 0.3) is 0 Å². The number of hydrogen-bond donors (Lipinski definition) is 2. The largest absolute Gasteiger partial charge is 0.792 e. The van der Waals surface area contributed by atoms with E-state index in [1.807, 2.05) is 0 Å². The maximum Gasteiger partial charge on any atom is 0.338 e. The molecule has 0 spiro atoms. The first-order valence-electron chi connectivity index (χ1n) is 16.9. The number of halogens is 2. The summed E-state index contributed by atoms with van der Waals surface area (Å²) in [5.74, 6) is -2.52. The van der Waals surface area contributed by atoms with E-state index in [1.165, 1.54) is 12.1 Å². The Morgan fingerprint density at radius 3 is 2.43 bits per heavy atom. The molecule has 1 aliphatic carbocycles. The molecule has 1 fully saturated rings. The van der Waals surface area contributed by atoms with Crippen LogP contribution >= 0.6 is 23.2 Å². The fraction of sp³-hybridized carbons (Fsp3) is 0.316. The van der Waals surface area contributed by atoms with Crippen molar-refractivity contribution in [3.8, 4) is 0 Å². The van der Waals surface area contributed by atoms with Crippen molar-refractivity contribution in [1.29, 1.82) is 0 Å². The summed E-state index contributed by atoms with van der Waals surface area (Å²) in [4.78, 5) is 48.6. The van der Waals surface area contributed by atoms with Crippen molar-refractivity contribution in [2.75, 3.05) is 19.5 Å². The second kappa shape index (κ2) is 18.0. The summed E-state index contributed by atoms with van der Waals surface area (Å²) in [5, 5.41) is 14.1. The molecule has 0 saturated heterocycles. The maximum atomic E-state index is 14.5. The number of hydrogen-bond acceptors (Lipinski definition) is 9. The lowest BCUT2D eigenvalue weighted by atomic mass is 9.76. The van der Waals surface area contributed by atoms with Gasteiger partial charge in [0.25, 0.3) is 11.8 Å². The molecular formula is C38H39Cl2N4O8S-. The normalized spacial score (nSPS) is 21.0. The van der Waals surface area contributed by atoms with Crippen LogP contribution in [0, 0.1) is 5.21 Å². The van der Waals surface area contributed by atoms with Crippen molar-refractivity contribution in [2.24, 2.45) is 5.16 Å². The second-order valence-corrected chi connectivity index (χ2v) is 15.5. The van der Waals surface area contributed by atoms with Gasteiger partial charge >= 0.3 is 5.97 Å². The van der Waals surface area contributed by atoms with Crippen molar-refractivity contribution in [3.05, 3.63) is 134 Å². The number of fused-ring (bicyclic) bond motifs is 1. The van der Waals surface area contributed by atoms with Crippen LogP contribution in [0.5, 0.6) is 0 Å². The van der Waals surface area contributed by atoms with Crippen molar-refractivity contribution < 1.29 is 32.4 Å². The Morgan fingerprint density at radius 1 is 1.00 bits per heavy atom. The third kappa shape index (κ3) is 10.1. The summed E-state index contributed by atoms with van der Waals surface area (Å²) >= 11 is 13.1. The van der Waals surface area contributed by atoms with E-state index < -0.39 is 45.9 Å². The average molecular weight is 783 g/mol. The number of carbonyl (C=O) groups excluding carboxylic acids is 3. The molecule has 3 aromatic carbocycles. The van der Waals surface area contributed by atoms with E-state index in [9.17, 15) is 28.0 Å². The number of nitrogens with zero attached hydrogens (tertiary/aromatic N) is 2. The Hall–Kier alpha value is -4.53. The summed E-state index contributed by atoms with van der Waals surface area (Å²) in [5.41, 5.74) is 5.16. The minimum atomic E-state index is -3.64. The predicted molar refractivity (Wildman–Crippen MR) is 203 cm³/mol. The lowest BCUT2D eigenvalue weighted by molar-refractivity contribution is -0.136. The summed E-state index contributed by atoms with van der Waals surface area (Å²) in [6.45, 7) is 1.46. The van der Waals surface area contributed by atoms with E-state index in [0.29, 0.717) is 51.3 Å². The molecule has 0 aromatic heterocycles. The average Bonchev–Trinajstić information content (AvgIpc) is 3.12. The van der Waals surface area contributed by atoms with Gasteiger partial charge in [0.2, 0.25) is 10.0 Å². The number of rotatable bonds is 13. The van der Waals surface area contributed by atoms with Gasteiger partial charge in [-0.3, -0.25) is 14.4 Å². The van der Waals surface area contributed by atoms with E-state index in [4.69, 9.17) is 32.8 Å². The molecule has 3 aromatic rings. The van der Waals surface area contributed by atoms with Crippen LogP contribution in [0.4, 0.5) is 0 Å². The second-order valence-electron chi connectivity index (χ2n) is 12.9. The molecule has 12 nitrogen and oxygen atoms in total. The minimum Gasteiger partial charge on any atom is -0.792 e. The Kier molecular flexibility index (Phi) is 13.5. The van der Waals surface area contributed by atoms with E-state index in [2.05, 4.69) is 15.4 Å². The third-order valence-corrected chi connectivity index (χ3v) is 10.3. The molecule has 0 bridgehead atoms. The highest BCUT2D eigenvalue weighted by atomic mass is 35.5. The van der Waals surface area contributed by atoms with Crippen molar-refractivity contribution in [3.63, 3.8) is 0 Å². The molecule has 1 aliphatic heterocycles. The zero-order valence-electron chi connectivity index (χ0n) is 29.0. The van der Waals surface area contributed by atoms with Gasteiger partial charge in [0.15, 0.2) is 0 Å². The van der Waals surface area contributed by atoms with Gasteiger partial charge in [-0.05, 0) is 78.4 Å². The topological polar surface area (TPSA) is 167 Å². The fourth-order valence-corrected chi connectivity index (χ4v) is 8.19. The molecule has 1 saturated carbocycles. The van der Waals surface area contributed by atoms with E-state index in [0.717, 1.165) is 25.3 Å². The molecule has 4 atom stereocenters. The molecule has 0 unspecified atom stereocenters. The number of hydroxylamine groups is 1. The summed E-state index contributed by atoms with van der Waals surface area (Å²) in [7, 11) is -3.64. The van der Waals surface area contributed by atoms with E-state index in [1.54, 1.807) is 84.6 Å². The molecule has 15 heteroatoms. The Morgan fingerprint density at radius 2 is 1.72 bits per heavy atom. The Labute approximate surface area is 318 Å². The molecule has 2 amide bonds. The van der Waals surface area contributed by atoms with Crippen molar-refractivity contribution in [1.82, 2.24) is 15.1 Å². The summed E-state index contributed by atoms with van der Waals surface area (Å²) in [6, 6.07) is 17.9. The zero-order chi connectivity index (χ0) is 38.1. The van der Waals surface area contributed by atoms with Gasteiger partial charge in [-0.2, -0.15) is 0 Å². The Bertz CT molecular complexity index is 2020. The number of esters is 1. The summed E-state index contributed by atoms with van der Waals surface area (Å²) in [6.07, 6.45) is 7.63. The van der Waals surface area contributed by atoms with Gasteiger partial charge in [0.1, 0.15) is 6.61 Å². The molecule has 53 heavy (non-hydrogen) atoms. The first-order valence-corrected chi connectivity index (χ1v) is 19.5. The summed E-state index contributed by atoms with van der Waals surface area (Å²) < 4.78 is 33.0. The van der Waals surface area contributed by atoms with Gasteiger partial charge in [-0.15, -0.1) is 0 Å². The van der Waals surface area contributed by atoms with Crippen LogP contribution in [0.2, 0.25) is 10.0 Å². The fourth-order valence-electron chi connectivity index (χ4n) is 6.84. The number of carbonyl (C=O) groups is 3. The maximum absolute atomic E-state index is 14.5. The highest BCUT2D eigenvalue weighted by Crippen LogP contribution is 2.47. The standard InChI is InChI=1S/C38H40Cl2N4O8S/c1-24(20-25(18-19-41-48)23-51-38(47)26-10-4-3-5-11-26)22-52-42-36(45)34-28-12-6-7-13-29(28)37(46)44(35(34)30-17-16-27(39)21-31(30)40)33-15-9-8-14-32(33)43-53(2,49)50/h3-7,10-13,16-21,32-35,43,48H,8-9,14-15,22-23H2,1-2H3,(H,42,45)/p-1/b24-20+,25-18+,41-19+/t32-,33-,34+,35-/m0/s1. The van der Waals surface area contributed by atoms with Crippen LogP contribution in [0.3, 0.4) is 0 Å². The van der Waals surface area contributed by atoms with Gasteiger partial charge < -0.3 is 20.0 Å². The van der Waals surface area contributed by atoms with Crippen LogP contribution in [0.1, 0.15) is 76.4 Å². The van der Waals surface area contributed by atoms with Crippen molar-refractivity contribution >= 4 is 57.2 Å². The van der Waals surface area contributed by atoms with Crippen molar-refractivity contribution in [2.45, 2.75) is 56.7 Å². The zero-order valence-corrected chi connectivity index (χ0v) is 31.4. The number of amides is 2. The quantitative estimate of drug-likeness (QED) is 0.0861. The van der Waals surface area contributed by atoms with Gasteiger partial charge in [-0.1, -0.05) is 84.6 Å². The Balaban J connectivity index is 1.43. The molecule has 2 N–H and O–H groups in total. The third-order valence-electron chi connectivity index (χ3n) is 9.03. The van der Waals surface area contributed by atoms with Gasteiger partial charge in [0, 0.05) is 33.9 Å². The van der Waals surface area contributed by atoms with Crippen LogP contribution < -0.4 is 10.2 Å². The lowest BCUT2D eigenvalue weighted by Gasteiger charge is -2.49. The molecule has 2 aliphatic rings. The van der Waals surface area contributed by atoms with Crippen LogP contribution in [-0.4, -0.2) is 68.9 Å². The monoisotopic (exact) mass is 781 g/mol. The number of ether oxygens (including phenoxy) is 1. The van der Waals surface area contributed by atoms with Gasteiger partial charge in [-0.25, -0.2) is 23.4 Å². The highest BCUT2D eigenvalue weighted by Gasteiger charge is 2.49. The molecule has 1 heterocycles. The van der Waals surface area contributed by atoms with Crippen LogP contribution in [0.15, 0.2) is 101 Å². The molecule has 5 rings (SSSR count). The molecule has 280 valence electrons. The van der Waals surface area contributed by atoms with E-state index in [-0.39, 0.29) is 24.1 Å². The number of benzene rings is 3. The number of allylic oxidation sites excluding steroid dienone is 1. The molecule has 0 radical (unpaired) electrons. The SMILES string of the molecule is C\C(=C/C(=C\C=N\[O-])COC(=O)c1ccccc1)CONC(=O)[C@@H]1c2ccccc2C(=O)N([C@H]2CCCC[C@@H]2NS(C)(=O)=O)[C@H]1c1ccc(Cl)cc1Cl. The minimum absolute atomic E-state index is 0.101. The van der Waals surface area contributed by atoms with Gasteiger partial charge in [0.05, 0.1) is 30.4 Å². The van der Waals surface area contributed by atoms with Crippen LogP contribution in [-0.2, 0) is 24.4 Å². The number of sulfonamides is 1. The highest BCUT2D eigenvalue weighted by molar-refractivity contribution is 7.88. The smallest absolute Gasteiger partial charge is 0.338 e. The first kappa shape index (κ1) is 39.7. The molecular weight excluding hydrogens is 743 g/mol.